The van der Waals surface area contributed by atoms with Crippen LogP contribution in [0.1, 0.15) is 52.4 Å². The molecule has 3 fully saturated rings. The minimum absolute atomic E-state index is 0.363. The Bertz CT molecular complexity index is 255. The van der Waals surface area contributed by atoms with Crippen molar-refractivity contribution in [2.24, 2.45) is 11.8 Å². The quantitative estimate of drug-likeness (QED) is 0.776. The second kappa shape index (κ2) is 6.76. The zero-order valence-corrected chi connectivity index (χ0v) is 13.2. The molecule has 3 nitrogen and oxygen atoms in total. The average Bonchev–Trinajstić information content (AvgIpc) is 2.49. The maximum atomic E-state index is 6.18. The van der Waals surface area contributed by atoms with Crippen LogP contribution in [-0.4, -0.2) is 49.5 Å². The van der Waals surface area contributed by atoms with Gasteiger partial charge < -0.3 is 9.47 Å². The fraction of sp³-hybridized carbons (Fsp3) is 1.00. The lowest BCUT2D eigenvalue weighted by Gasteiger charge is -2.42. The molecule has 3 aliphatic heterocycles. The monoisotopic (exact) mass is 281 g/mol. The molecule has 4 atom stereocenters. The second-order valence-corrected chi connectivity index (χ2v) is 7.38. The number of ether oxygens (including phenoxy) is 2. The van der Waals surface area contributed by atoms with E-state index in [1.54, 1.807) is 0 Å². The molecular weight excluding hydrogens is 250 g/mol. The Hall–Kier alpha value is -0.120. The first-order valence-electron chi connectivity index (χ1n) is 8.69. The summed E-state index contributed by atoms with van der Waals surface area (Å²) in [4.78, 5) is 2.67. The van der Waals surface area contributed by atoms with Gasteiger partial charge in [0.05, 0.1) is 18.8 Å². The number of rotatable bonds is 2. The molecule has 0 amide bonds. The maximum absolute atomic E-state index is 6.18. The molecule has 0 aromatic heterocycles. The van der Waals surface area contributed by atoms with Crippen molar-refractivity contribution in [3.63, 3.8) is 0 Å². The fourth-order valence-electron chi connectivity index (χ4n) is 3.93. The Morgan fingerprint density at radius 1 is 0.700 bits per heavy atom. The van der Waals surface area contributed by atoms with Crippen LogP contribution in [0.25, 0.3) is 0 Å². The molecule has 3 rings (SSSR count). The van der Waals surface area contributed by atoms with E-state index in [1.807, 2.05) is 0 Å². The SMILES string of the molecule is CC1CCN(C2CCC(C3CCC(C)CO3)OC2)CC1. The third-order valence-electron chi connectivity index (χ3n) is 5.58. The van der Waals surface area contributed by atoms with Crippen LogP contribution in [0.2, 0.25) is 0 Å². The van der Waals surface area contributed by atoms with Crippen molar-refractivity contribution in [3.8, 4) is 0 Å². The van der Waals surface area contributed by atoms with Crippen molar-refractivity contribution in [1.82, 2.24) is 4.90 Å². The summed E-state index contributed by atoms with van der Waals surface area (Å²) < 4.78 is 12.2. The van der Waals surface area contributed by atoms with Crippen LogP contribution < -0.4 is 0 Å². The summed E-state index contributed by atoms with van der Waals surface area (Å²) in [5, 5.41) is 0. The van der Waals surface area contributed by atoms with Gasteiger partial charge in [-0.05, 0) is 63.5 Å². The normalized spacial score (nSPS) is 41.7. The standard InChI is InChI=1S/C17H31NO2/c1-13-7-9-18(10-8-13)15-4-6-17(20-12-15)16-5-3-14(2)11-19-16/h13-17H,3-12H2,1-2H3. The topological polar surface area (TPSA) is 21.7 Å². The number of piperidine rings is 1. The van der Waals surface area contributed by atoms with Crippen LogP contribution in [0.15, 0.2) is 0 Å². The Labute approximate surface area is 124 Å². The van der Waals surface area contributed by atoms with Crippen molar-refractivity contribution in [2.45, 2.75) is 70.6 Å². The number of nitrogens with zero attached hydrogens (tertiary/aromatic N) is 1. The van der Waals surface area contributed by atoms with E-state index in [0.717, 1.165) is 25.0 Å². The van der Waals surface area contributed by atoms with E-state index in [2.05, 4.69) is 18.7 Å². The molecule has 3 saturated heterocycles. The Morgan fingerprint density at radius 3 is 1.90 bits per heavy atom. The zero-order valence-electron chi connectivity index (χ0n) is 13.2. The van der Waals surface area contributed by atoms with Gasteiger partial charge in [0.2, 0.25) is 0 Å². The van der Waals surface area contributed by atoms with Crippen LogP contribution in [0.4, 0.5) is 0 Å². The molecule has 0 bridgehead atoms. The molecule has 0 aromatic carbocycles. The predicted octanol–water partition coefficient (Wildman–Crippen LogP) is 3.08. The van der Waals surface area contributed by atoms with E-state index in [9.17, 15) is 0 Å². The smallest absolute Gasteiger partial charge is 0.0838 e. The van der Waals surface area contributed by atoms with Gasteiger partial charge in [-0.25, -0.2) is 0 Å². The zero-order chi connectivity index (χ0) is 13.9. The van der Waals surface area contributed by atoms with Gasteiger partial charge in [-0.15, -0.1) is 0 Å². The minimum Gasteiger partial charge on any atom is -0.375 e. The lowest BCUT2D eigenvalue weighted by molar-refractivity contribution is -0.134. The van der Waals surface area contributed by atoms with E-state index in [1.165, 1.54) is 51.6 Å². The molecule has 0 aliphatic carbocycles. The third-order valence-corrected chi connectivity index (χ3v) is 5.58. The Balaban J connectivity index is 1.42. The van der Waals surface area contributed by atoms with Gasteiger partial charge >= 0.3 is 0 Å². The summed E-state index contributed by atoms with van der Waals surface area (Å²) in [5.41, 5.74) is 0. The van der Waals surface area contributed by atoms with Crippen molar-refractivity contribution in [3.05, 3.63) is 0 Å². The molecule has 3 heterocycles. The molecule has 0 saturated carbocycles. The Morgan fingerprint density at radius 2 is 1.35 bits per heavy atom. The number of likely N-dealkylation sites (tertiary alicyclic amines) is 1. The van der Waals surface area contributed by atoms with Gasteiger partial charge in [0.1, 0.15) is 0 Å². The first kappa shape index (κ1) is 14.8. The molecule has 3 heteroatoms. The van der Waals surface area contributed by atoms with Crippen molar-refractivity contribution in [2.75, 3.05) is 26.3 Å². The fourth-order valence-corrected chi connectivity index (χ4v) is 3.93. The molecule has 0 aromatic rings. The van der Waals surface area contributed by atoms with Gasteiger partial charge in [-0.2, -0.15) is 0 Å². The highest BCUT2D eigenvalue weighted by atomic mass is 16.5. The van der Waals surface area contributed by atoms with Gasteiger partial charge in [0.15, 0.2) is 0 Å². The van der Waals surface area contributed by atoms with Gasteiger partial charge in [-0.1, -0.05) is 13.8 Å². The van der Waals surface area contributed by atoms with Crippen molar-refractivity contribution < 1.29 is 9.47 Å². The lowest BCUT2D eigenvalue weighted by Crippen LogP contribution is -2.49. The van der Waals surface area contributed by atoms with Gasteiger partial charge in [0.25, 0.3) is 0 Å². The van der Waals surface area contributed by atoms with Crippen LogP contribution in [-0.2, 0) is 9.47 Å². The van der Waals surface area contributed by atoms with Gasteiger partial charge in [0, 0.05) is 12.6 Å². The highest BCUT2D eigenvalue weighted by molar-refractivity contribution is 4.85. The van der Waals surface area contributed by atoms with Crippen LogP contribution in [0.5, 0.6) is 0 Å². The van der Waals surface area contributed by atoms with Crippen molar-refractivity contribution >= 4 is 0 Å². The van der Waals surface area contributed by atoms with Gasteiger partial charge in [-0.3, -0.25) is 4.90 Å². The summed E-state index contributed by atoms with van der Waals surface area (Å²) in [5.74, 6) is 1.65. The molecule has 0 radical (unpaired) electrons. The molecule has 0 spiro atoms. The molecular formula is C17H31NO2. The maximum Gasteiger partial charge on any atom is 0.0838 e. The first-order chi connectivity index (χ1) is 9.72. The largest absolute Gasteiger partial charge is 0.375 e. The minimum atomic E-state index is 0.363. The number of hydrogen-bond donors (Lipinski definition) is 0. The van der Waals surface area contributed by atoms with E-state index in [4.69, 9.17) is 9.47 Å². The highest BCUT2D eigenvalue weighted by Crippen LogP contribution is 2.29. The van der Waals surface area contributed by atoms with Crippen molar-refractivity contribution in [1.29, 1.82) is 0 Å². The van der Waals surface area contributed by atoms with E-state index < -0.39 is 0 Å². The summed E-state index contributed by atoms with van der Waals surface area (Å²) >= 11 is 0. The molecule has 4 unspecified atom stereocenters. The highest BCUT2D eigenvalue weighted by Gasteiger charge is 2.34. The van der Waals surface area contributed by atoms with E-state index in [0.29, 0.717) is 18.2 Å². The molecule has 3 aliphatic rings. The van der Waals surface area contributed by atoms with Crippen LogP contribution in [0, 0.1) is 11.8 Å². The molecule has 0 N–H and O–H groups in total. The summed E-state index contributed by atoms with van der Waals surface area (Å²) in [6, 6.07) is 0.668. The third kappa shape index (κ3) is 3.55. The summed E-state index contributed by atoms with van der Waals surface area (Å²) in [6.07, 6.45) is 8.45. The number of hydrogen-bond acceptors (Lipinski definition) is 3. The Kier molecular flexibility index (Phi) is 5.00. The molecule has 20 heavy (non-hydrogen) atoms. The molecule has 116 valence electrons. The second-order valence-electron chi connectivity index (χ2n) is 7.38. The van der Waals surface area contributed by atoms with E-state index in [-0.39, 0.29) is 0 Å². The average molecular weight is 281 g/mol. The summed E-state index contributed by atoms with van der Waals surface area (Å²) in [7, 11) is 0. The van der Waals surface area contributed by atoms with E-state index >= 15 is 0 Å². The predicted molar refractivity (Wildman–Crippen MR) is 80.9 cm³/mol. The first-order valence-corrected chi connectivity index (χ1v) is 8.69. The lowest BCUT2D eigenvalue weighted by atomic mass is 9.91. The van der Waals surface area contributed by atoms with Crippen LogP contribution in [0.3, 0.4) is 0 Å². The van der Waals surface area contributed by atoms with Crippen LogP contribution >= 0.6 is 0 Å². The summed E-state index contributed by atoms with van der Waals surface area (Å²) in [6.45, 7) is 9.07.